The van der Waals surface area contributed by atoms with Crippen molar-refractivity contribution in [2.24, 2.45) is 7.05 Å². The molecule has 2 aromatic rings. The zero-order valence-electron chi connectivity index (χ0n) is 8.40. The van der Waals surface area contributed by atoms with Crippen LogP contribution in [0.5, 0.6) is 0 Å². The highest BCUT2D eigenvalue weighted by molar-refractivity contribution is 7.99. The molecule has 0 fully saturated rings. The van der Waals surface area contributed by atoms with Crippen LogP contribution in [0.15, 0.2) is 40.6 Å². The largest absolute Gasteiger partial charge is 0.283 e. The summed E-state index contributed by atoms with van der Waals surface area (Å²) in [5, 5.41) is 15.3. The molecule has 0 atom stereocenters. The maximum absolute atomic E-state index is 10.8. The van der Waals surface area contributed by atoms with Gasteiger partial charge in [-0.05, 0) is 17.8 Å². The highest BCUT2D eigenvalue weighted by Gasteiger charge is 2.15. The zero-order valence-corrected chi connectivity index (χ0v) is 9.22. The molecule has 0 N–H and O–H groups in total. The van der Waals surface area contributed by atoms with Gasteiger partial charge in [-0.2, -0.15) is 5.10 Å². The summed E-state index contributed by atoms with van der Waals surface area (Å²) in [4.78, 5) is 14.9. The number of para-hydroxylation sites is 1. The van der Waals surface area contributed by atoms with Crippen LogP contribution in [-0.4, -0.2) is 19.7 Å². The minimum atomic E-state index is -0.404. The monoisotopic (exact) mass is 236 g/mol. The van der Waals surface area contributed by atoms with Crippen molar-refractivity contribution in [2.45, 2.75) is 10.1 Å². The third-order valence-corrected chi connectivity index (χ3v) is 3.05. The van der Waals surface area contributed by atoms with Crippen LogP contribution in [-0.2, 0) is 7.05 Å². The average Bonchev–Trinajstić information content (AvgIpc) is 2.65. The third-order valence-electron chi connectivity index (χ3n) is 1.93. The van der Waals surface area contributed by atoms with Crippen LogP contribution >= 0.6 is 11.8 Å². The van der Waals surface area contributed by atoms with Gasteiger partial charge in [0, 0.05) is 13.1 Å². The molecular weight excluding hydrogens is 228 g/mol. The molecule has 16 heavy (non-hydrogen) atoms. The highest BCUT2D eigenvalue weighted by atomic mass is 32.2. The standard InChI is InChI=1S/C9H8N4O2S/c1-12-9(10-6-11-12)16-8-5-3-2-4-7(8)13(14)15/h2-6H,1H3. The molecule has 1 heterocycles. The molecule has 0 aliphatic heterocycles. The van der Waals surface area contributed by atoms with Crippen molar-refractivity contribution in [2.75, 3.05) is 0 Å². The van der Waals surface area contributed by atoms with Crippen LogP contribution in [0.1, 0.15) is 0 Å². The second-order valence-electron chi connectivity index (χ2n) is 2.99. The molecule has 0 aliphatic rings. The first-order valence-corrected chi connectivity index (χ1v) is 5.25. The van der Waals surface area contributed by atoms with Crippen LogP contribution < -0.4 is 0 Å². The second kappa shape index (κ2) is 4.31. The summed E-state index contributed by atoms with van der Waals surface area (Å²) in [6.07, 6.45) is 1.41. The van der Waals surface area contributed by atoms with E-state index in [1.807, 2.05) is 0 Å². The number of rotatable bonds is 3. The predicted octanol–water partition coefficient (Wildman–Crippen LogP) is 1.87. The quantitative estimate of drug-likeness (QED) is 0.600. The topological polar surface area (TPSA) is 73.8 Å². The fourth-order valence-electron chi connectivity index (χ4n) is 1.17. The van der Waals surface area contributed by atoms with Crippen molar-refractivity contribution in [3.05, 3.63) is 40.7 Å². The molecule has 0 aliphatic carbocycles. The van der Waals surface area contributed by atoms with E-state index in [0.29, 0.717) is 10.1 Å². The number of hydrogen-bond donors (Lipinski definition) is 0. The molecule has 0 bridgehead atoms. The van der Waals surface area contributed by atoms with Gasteiger partial charge < -0.3 is 0 Å². The van der Waals surface area contributed by atoms with E-state index >= 15 is 0 Å². The number of nitro groups is 1. The summed E-state index contributed by atoms with van der Waals surface area (Å²) in [5.74, 6) is 0. The number of nitro benzene ring substituents is 1. The van der Waals surface area contributed by atoms with E-state index in [0.717, 1.165) is 0 Å². The van der Waals surface area contributed by atoms with Crippen molar-refractivity contribution < 1.29 is 4.92 Å². The fraction of sp³-hybridized carbons (Fsp3) is 0.111. The van der Waals surface area contributed by atoms with Crippen molar-refractivity contribution in [3.63, 3.8) is 0 Å². The Hall–Kier alpha value is -1.89. The molecular formula is C9H8N4O2S. The molecule has 0 radical (unpaired) electrons. The summed E-state index contributed by atoms with van der Waals surface area (Å²) in [6, 6.07) is 6.56. The van der Waals surface area contributed by atoms with E-state index in [-0.39, 0.29) is 5.69 Å². The lowest BCUT2D eigenvalue weighted by molar-refractivity contribution is -0.387. The minimum absolute atomic E-state index is 0.0792. The van der Waals surface area contributed by atoms with E-state index in [1.165, 1.54) is 24.2 Å². The molecule has 6 nitrogen and oxygen atoms in total. The Balaban J connectivity index is 2.35. The van der Waals surface area contributed by atoms with Crippen LogP contribution in [0.4, 0.5) is 5.69 Å². The number of benzene rings is 1. The van der Waals surface area contributed by atoms with Crippen molar-refractivity contribution >= 4 is 17.4 Å². The molecule has 82 valence electrons. The molecule has 1 aromatic carbocycles. The Labute approximate surface area is 95.5 Å². The van der Waals surface area contributed by atoms with E-state index in [4.69, 9.17) is 0 Å². The van der Waals surface area contributed by atoms with E-state index in [1.54, 1.807) is 29.9 Å². The molecule has 0 spiro atoms. The van der Waals surface area contributed by atoms with Crippen LogP contribution in [0.3, 0.4) is 0 Å². The lowest BCUT2D eigenvalue weighted by Gasteiger charge is -2.01. The Morgan fingerprint density at radius 1 is 1.44 bits per heavy atom. The van der Waals surface area contributed by atoms with E-state index in [9.17, 15) is 10.1 Å². The molecule has 0 unspecified atom stereocenters. The predicted molar refractivity (Wildman–Crippen MR) is 58.2 cm³/mol. The normalized spacial score (nSPS) is 10.3. The van der Waals surface area contributed by atoms with Gasteiger partial charge in [-0.3, -0.25) is 10.1 Å². The Bertz CT molecular complexity index is 526. The zero-order chi connectivity index (χ0) is 11.5. The average molecular weight is 236 g/mol. The lowest BCUT2D eigenvalue weighted by Crippen LogP contribution is -1.94. The van der Waals surface area contributed by atoms with Crippen LogP contribution in [0.2, 0.25) is 0 Å². The summed E-state index contributed by atoms with van der Waals surface area (Å²) < 4.78 is 1.57. The van der Waals surface area contributed by atoms with Gasteiger partial charge in [-0.1, -0.05) is 12.1 Å². The first-order chi connectivity index (χ1) is 7.68. The van der Waals surface area contributed by atoms with Crippen molar-refractivity contribution in [1.29, 1.82) is 0 Å². The number of aromatic nitrogens is 3. The molecule has 7 heteroatoms. The smallest absolute Gasteiger partial charge is 0.258 e. The van der Waals surface area contributed by atoms with Crippen LogP contribution in [0.25, 0.3) is 0 Å². The summed E-state index contributed by atoms with van der Waals surface area (Å²) in [6.45, 7) is 0. The van der Waals surface area contributed by atoms with Crippen LogP contribution in [0, 0.1) is 10.1 Å². The van der Waals surface area contributed by atoms with Gasteiger partial charge in [-0.25, -0.2) is 9.67 Å². The fourth-order valence-corrected chi connectivity index (χ4v) is 2.04. The van der Waals surface area contributed by atoms with Gasteiger partial charge in [0.1, 0.15) is 6.33 Å². The van der Waals surface area contributed by atoms with Crippen molar-refractivity contribution in [1.82, 2.24) is 14.8 Å². The first-order valence-electron chi connectivity index (χ1n) is 4.44. The minimum Gasteiger partial charge on any atom is -0.258 e. The second-order valence-corrected chi connectivity index (χ2v) is 4.00. The first kappa shape index (κ1) is 10.6. The van der Waals surface area contributed by atoms with Gasteiger partial charge >= 0.3 is 0 Å². The third kappa shape index (κ3) is 2.03. The van der Waals surface area contributed by atoms with Gasteiger partial charge in [0.05, 0.1) is 9.82 Å². The van der Waals surface area contributed by atoms with E-state index in [2.05, 4.69) is 10.1 Å². The Kier molecular flexibility index (Phi) is 2.86. The number of nitrogens with zero attached hydrogens (tertiary/aromatic N) is 4. The maximum Gasteiger partial charge on any atom is 0.283 e. The van der Waals surface area contributed by atoms with Crippen molar-refractivity contribution in [3.8, 4) is 0 Å². The molecule has 2 rings (SSSR count). The van der Waals surface area contributed by atoms with Gasteiger partial charge in [0.2, 0.25) is 0 Å². The molecule has 1 aromatic heterocycles. The number of aryl methyl sites for hydroxylation is 1. The molecule has 0 saturated heterocycles. The summed E-state index contributed by atoms with van der Waals surface area (Å²) in [5.41, 5.74) is 0.0792. The van der Waals surface area contributed by atoms with Gasteiger partial charge in [-0.15, -0.1) is 0 Å². The van der Waals surface area contributed by atoms with E-state index < -0.39 is 4.92 Å². The highest BCUT2D eigenvalue weighted by Crippen LogP contribution is 2.32. The lowest BCUT2D eigenvalue weighted by atomic mass is 10.3. The number of hydrogen-bond acceptors (Lipinski definition) is 5. The molecule has 0 saturated carbocycles. The Morgan fingerprint density at radius 3 is 2.81 bits per heavy atom. The van der Waals surface area contributed by atoms with Gasteiger partial charge in [0.25, 0.3) is 5.69 Å². The summed E-state index contributed by atoms with van der Waals surface area (Å²) >= 11 is 1.22. The molecule has 0 amide bonds. The maximum atomic E-state index is 10.8. The summed E-state index contributed by atoms with van der Waals surface area (Å²) in [7, 11) is 1.74. The van der Waals surface area contributed by atoms with Gasteiger partial charge in [0.15, 0.2) is 5.16 Å². The Morgan fingerprint density at radius 2 is 2.19 bits per heavy atom. The SMILES string of the molecule is Cn1ncnc1Sc1ccccc1[N+](=O)[O-].